The summed E-state index contributed by atoms with van der Waals surface area (Å²) in [6.07, 6.45) is 0. The largest absolute Gasteiger partial charge is 0.0622 e. The van der Waals surface area contributed by atoms with Crippen molar-refractivity contribution in [3.8, 4) is 89.0 Å². The molecule has 14 aromatic carbocycles. The normalized spacial score (nSPS) is 11.6. The number of fused-ring (bicyclic) bond motifs is 2. The second kappa shape index (κ2) is 17.2. The van der Waals surface area contributed by atoms with Gasteiger partial charge in [0, 0.05) is 0 Å². The number of hydrogen-bond donors (Lipinski definition) is 0. The van der Waals surface area contributed by atoms with Crippen molar-refractivity contribution >= 4 is 53.9 Å². The zero-order chi connectivity index (χ0) is 47.5. The fourth-order valence-corrected chi connectivity index (χ4v) is 11.7. The lowest BCUT2D eigenvalue weighted by Gasteiger charge is -2.22. The lowest BCUT2D eigenvalue weighted by molar-refractivity contribution is 1.59. The Bertz CT molecular complexity index is 4020. The zero-order valence-corrected chi connectivity index (χ0v) is 39.6. The first kappa shape index (κ1) is 41.6. The molecule has 0 heterocycles. The van der Waals surface area contributed by atoms with Crippen molar-refractivity contribution in [1.29, 1.82) is 0 Å². The number of hydrogen-bond acceptors (Lipinski definition) is 0. The summed E-state index contributed by atoms with van der Waals surface area (Å²) in [4.78, 5) is 0. The molecule has 0 amide bonds. The lowest BCUT2D eigenvalue weighted by atomic mass is 9.81. The van der Waals surface area contributed by atoms with Crippen LogP contribution < -0.4 is 0 Å². The van der Waals surface area contributed by atoms with Crippen molar-refractivity contribution in [2.45, 2.75) is 0 Å². The highest BCUT2D eigenvalue weighted by Gasteiger charge is 2.22. The summed E-state index contributed by atoms with van der Waals surface area (Å²) in [5.74, 6) is 0. The van der Waals surface area contributed by atoms with E-state index in [4.69, 9.17) is 0 Å². The molecule has 0 fully saturated rings. The second-order valence-corrected chi connectivity index (χ2v) is 19.1. The predicted octanol–water partition coefficient (Wildman–Crippen LogP) is 20.2. The van der Waals surface area contributed by atoms with Crippen LogP contribution in [-0.2, 0) is 0 Å². The summed E-state index contributed by atoms with van der Waals surface area (Å²) in [5.41, 5.74) is 19.6. The molecular formula is C72H46. The van der Waals surface area contributed by atoms with Gasteiger partial charge >= 0.3 is 0 Å². The van der Waals surface area contributed by atoms with Gasteiger partial charge in [0.25, 0.3) is 0 Å². The number of rotatable bonds is 8. The average molecular weight is 911 g/mol. The van der Waals surface area contributed by atoms with Gasteiger partial charge in [0.1, 0.15) is 0 Å². The molecule has 0 unspecified atom stereocenters. The van der Waals surface area contributed by atoms with Gasteiger partial charge in [-0.3, -0.25) is 0 Å². The Morgan fingerprint density at radius 1 is 0.153 bits per heavy atom. The van der Waals surface area contributed by atoms with Crippen LogP contribution in [0.1, 0.15) is 0 Å². The molecule has 0 nitrogen and oxygen atoms in total. The van der Waals surface area contributed by atoms with Crippen molar-refractivity contribution < 1.29 is 0 Å². The summed E-state index contributed by atoms with van der Waals surface area (Å²) in [5, 5.41) is 12.6. The van der Waals surface area contributed by atoms with E-state index in [0.29, 0.717) is 0 Å². The molecule has 0 aromatic heterocycles. The van der Waals surface area contributed by atoms with Crippen LogP contribution in [0.4, 0.5) is 0 Å². The van der Waals surface area contributed by atoms with E-state index in [0.717, 1.165) is 0 Å². The van der Waals surface area contributed by atoms with Crippen molar-refractivity contribution in [1.82, 2.24) is 0 Å². The standard InChI is InChI=1S/C72H46/c1-5-17-47(18-6-1)59-39-37-51-25-13-15-27-57(51)69(59)55-33-29-53(30-34-55)67-45-65(49-21-9-3-10-22-49)61-42-44-64-68(46-66(50-23-11-4-12-24-50)62-41-43-63(67)71(61)72(62)64)54-31-35-56(36-32-54)70-58-28-16-14-26-52(58)38-40-60(70)48-19-7-2-8-20-48/h1-46H. The minimum absolute atomic E-state index is 1.19. The molecule has 0 spiro atoms. The Labute approximate surface area is 419 Å². The predicted molar refractivity (Wildman–Crippen MR) is 309 cm³/mol. The smallest absolute Gasteiger partial charge is 0.00139 e. The molecule has 334 valence electrons. The first-order valence-electron chi connectivity index (χ1n) is 25.0. The third-order valence-electron chi connectivity index (χ3n) is 15.1. The molecule has 14 rings (SSSR count). The summed E-state index contributed by atoms with van der Waals surface area (Å²) >= 11 is 0. The molecule has 0 heteroatoms. The fourth-order valence-electron chi connectivity index (χ4n) is 11.7. The lowest BCUT2D eigenvalue weighted by Crippen LogP contribution is -1.94. The third kappa shape index (κ3) is 6.91. The van der Waals surface area contributed by atoms with Gasteiger partial charge in [0.15, 0.2) is 0 Å². The van der Waals surface area contributed by atoms with Crippen molar-refractivity contribution in [3.63, 3.8) is 0 Å². The van der Waals surface area contributed by atoms with Crippen LogP contribution in [0.3, 0.4) is 0 Å². The third-order valence-corrected chi connectivity index (χ3v) is 15.1. The molecule has 0 saturated carbocycles. The van der Waals surface area contributed by atoms with E-state index in [9.17, 15) is 0 Å². The van der Waals surface area contributed by atoms with E-state index < -0.39 is 0 Å². The first-order valence-corrected chi connectivity index (χ1v) is 25.0. The Hall–Kier alpha value is -9.36. The van der Waals surface area contributed by atoms with E-state index in [1.807, 2.05) is 0 Å². The van der Waals surface area contributed by atoms with E-state index in [2.05, 4.69) is 279 Å². The van der Waals surface area contributed by atoms with Gasteiger partial charge in [-0.1, -0.05) is 267 Å². The summed E-state index contributed by atoms with van der Waals surface area (Å²) < 4.78 is 0. The zero-order valence-electron chi connectivity index (χ0n) is 39.6. The van der Waals surface area contributed by atoms with Crippen molar-refractivity contribution in [3.05, 3.63) is 279 Å². The maximum absolute atomic E-state index is 2.44. The van der Waals surface area contributed by atoms with Crippen LogP contribution >= 0.6 is 0 Å². The molecule has 0 aliphatic rings. The maximum atomic E-state index is 2.44. The first-order chi connectivity index (χ1) is 35.7. The second-order valence-electron chi connectivity index (χ2n) is 19.1. The minimum atomic E-state index is 1.19. The van der Waals surface area contributed by atoms with Gasteiger partial charge in [0.05, 0.1) is 0 Å². The summed E-state index contributed by atoms with van der Waals surface area (Å²) in [6, 6.07) is 103. The highest BCUT2D eigenvalue weighted by molar-refractivity contribution is 6.32. The van der Waals surface area contributed by atoms with E-state index in [-0.39, 0.29) is 0 Å². The van der Waals surface area contributed by atoms with Gasteiger partial charge < -0.3 is 0 Å². The van der Waals surface area contributed by atoms with Gasteiger partial charge in [-0.2, -0.15) is 0 Å². The molecule has 72 heavy (non-hydrogen) atoms. The van der Waals surface area contributed by atoms with Gasteiger partial charge in [-0.15, -0.1) is 0 Å². The van der Waals surface area contributed by atoms with Crippen molar-refractivity contribution in [2.75, 3.05) is 0 Å². The molecule has 0 aliphatic carbocycles. The Morgan fingerprint density at radius 3 is 0.750 bits per heavy atom. The van der Waals surface area contributed by atoms with E-state index >= 15 is 0 Å². The van der Waals surface area contributed by atoms with Gasteiger partial charge in [0.2, 0.25) is 0 Å². The molecule has 0 N–H and O–H groups in total. The van der Waals surface area contributed by atoms with Crippen LogP contribution in [0.25, 0.3) is 143 Å². The van der Waals surface area contributed by atoms with E-state index in [1.165, 1.54) is 143 Å². The molecular weight excluding hydrogens is 865 g/mol. The summed E-state index contributed by atoms with van der Waals surface area (Å²) in [6.45, 7) is 0. The Balaban J connectivity index is 0.987. The molecule has 0 bridgehead atoms. The van der Waals surface area contributed by atoms with Crippen LogP contribution in [0.2, 0.25) is 0 Å². The quantitative estimate of drug-likeness (QED) is 0.133. The van der Waals surface area contributed by atoms with Crippen LogP contribution in [0.15, 0.2) is 279 Å². The van der Waals surface area contributed by atoms with Crippen molar-refractivity contribution in [2.24, 2.45) is 0 Å². The average Bonchev–Trinajstić information content (AvgIpc) is 3.47. The SMILES string of the molecule is c1ccc(-c2ccc3ccccc3c2-c2ccc(-c3cc(-c4ccccc4)c4ccc5c(-c6ccc(-c7c(-c8ccccc8)ccc8ccccc78)cc6)cc(-c6ccccc6)c6ccc3c4c65)cc2)cc1. The Morgan fingerprint density at radius 2 is 0.417 bits per heavy atom. The van der Waals surface area contributed by atoms with Gasteiger partial charge in [-0.25, -0.2) is 0 Å². The van der Waals surface area contributed by atoms with E-state index in [1.54, 1.807) is 0 Å². The monoisotopic (exact) mass is 910 g/mol. The Kier molecular flexibility index (Phi) is 9.96. The molecule has 0 atom stereocenters. The highest BCUT2D eigenvalue weighted by atomic mass is 14.3. The van der Waals surface area contributed by atoms with Gasteiger partial charge in [-0.05, 0) is 155 Å². The highest BCUT2D eigenvalue weighted by Crippen LogP contribution is 2.50. The van der Waals surface area contributed by atoms with Crippen LogP contribution in [-0.4, -0.2) is 0 Å². The summed E-state index contributed by atoms with van der Waals surface area (Å²) in [7, 11) is 0. The van der Waals surface area contributed by atoms with Crippen LogP contribution in [0.5, 0.6) is 0 Å². The van der Waals surface area contributed by atoms with Crippen LogP contribution in [0, 0.1) is 0 Å². The molecule has 0 radical (unpaired) electrons. The fraction of sp³-hybridized carbons (Fsp3) is 0. The number of benzene rings is 14. The molecule has 14 aromatic rings. The topological polar surface area (TPSA) is 0 Å². The minimum Gasteiger partial charge on any atom is -0.0622 e. The molecule has 0 saturated heterocycles. The maximum Gasteiger partial charge on any atom is -0.00139 e. The molecule has 0 aliphatic heterocycles.